The van der Waals surface area contributed by atoms with Crippen LogP contribution in [-0.4, -0.2) is 18.1 Å². The zero-order chi connectivity index (χ0) is 18.5. The zero-order valence-electron chi connectivity index (χ0n) is 15.5. The smallest absolute Gasteiger partial charge is 0.0730 e. The van der Waals surface area contributed by atoms with E-state index in [4.69, 9.17) is 10.7 Å². The molecule has 0 aliphatic carbocycles. The molecule has 136 valence electrons. The lowest BCUT2D eigenvalue weighted by Gasteiger charge is -2.26. The van der Waals surface area contributed by atoms with Gasteiger partial charge in [-0.05, 0) is 49.2 Å². The van der Waals surface area contributed by atoms with Gasteiger partial charge in [0.05, 0.1) is 11.0 Å². The highest BCUT2D eigenvalue weighted by atomic mass is 15.1. The highest BCUT2D eigenvalue weighted by Gasteiger charge is 2.12. The van der Waals surface area contributed by atoms with E-state index in [0.717, 1.165) is 43.5 Å². The predicted molar refractivity (Wildman–Crippen MR) is 115 cm³/mol. The van der Waals surface area contributed by atoms with E-state index in [1.54, 1.807) is 0 Å². The predicted octanol–water partition coefficient (Wildman–Crippen LogP) is 5.13. The molecule has 0 saturated heterocycles. The van der Waals surface area contributed by atoms with Gasteiger partial charge in [0, 0.05) is 29.5 Å². The van der Waals surface area contributed by atoms with E-state index in [1.165, 1.54) is 22.0 Å². The molecule has 1 heterocycles. The number of unbranched alkanes of at least 4 members (excludes halogenated alkanes) is 1. The molecule has 3 aromatic carbocycles. The van der Waals surface area contributed by atoms with Crippen LogP contribution in [0.25, 0.3) is 21.8 Å². The lowest BCUT2D eigenvalue weighted by Crippen LogP contribution is -2.24. The summed E-state index contributed by atoms with van der Waals surface area (Å²) < 4.78 is 0. The molecular weight excluding hydrogens is 330 g/mol. The number of hydrogen-bond acceptors (Lipinski definition) is 3. The Morgan fingerprint density at radius 2 is 1.56 bits per heavy atom. The first kappa shape index (κ1) is 17.5. The quantitative estimate of drug-likeness (QED) is 0.369. The lowest BCUT2D eigenvalue weighted by molar-refractivity contribution is 0.693. The third kappa shape index (κ3) is 3.93. The molecule has 3 heteroatoms. The van der Waals surface area contributed by atoms with Crippen molar-refractivity contribution >= 4 is 27.5 Å². The second kappa shape index (κ2) is 8.19. The molecule has 1 aromatic heterocycles. The van der Waals surface area contributed by atoms with Crippen molar-refractivity contribution in [1.82, 2.24) is 4.98 Å². The van der Waals surface area contributed by atoms with Crippen LogP contribution < -0.4 is 10.6 Å². The average Bonchev–Trinajstić information content (AvgIpc) is 2.72. The zero-order valence-corrected chi connectivity index (χ0v) is 15.5. The maximum absolute atomic E-state index is 5.73. The minimum absolute atomic E-state index is 0.737. The van der Waals surface area contributed by atoms with Crippen molar-refractivity contribution in [3.8, 4) is 0 Å². The fraction of sp³-hybridized carbons (Fsp3) is 0.208. The molecule has 0 spiro atoms. The SMILES string of the molecule is NCCCCN(Cc1ccccc1)c1cccc2nc3ccccc3cc12. The minimum atomic E-state index is 0.737. The third-order valence-electron chi connectivity index (χ3n) is 4.98. The Hall–Kier alpha value is -2.91. The first-order valence-electron chi connectivity index (χ1n) is 9.62. The van der Waals surface area contributed by atoms with E-state index < -0.39 is 0 Å². The average molecular weight is 355 g/mol. The van der Waals surface area contributed by atoms with Gasteiger partial charge in [-0.25, -0.2) is 4.98 Å². The molecule has 27 heavy (non-hydrogen) atoms. The minimum Gasteiger partial charge on any atom is -0.367 e. The summed E-state index contributed by atoms with van der Waals surface area (Å²) in [4.78, 5) is 7.34. The van der Waals surface area contributed by atoms with E-state index in [9.17, 15) is 0 Å². The van der Waals surface area contributed by atoms with Gasteiger partial charge >= 0.3 is 0 Å². The van der Waals surface area contributed by atoms with Crippen LogP contribution in [0, 0.1) is 0 Å². The first-order valence-corrected chi connectivity index (χ1v) is 9.62. The Morgan fingerprint density at radius 3 is 2.41 bits per heavy atom. The van der Waals surface area contributed by atoms with E-state index in [0.29, 0.717) is 0 Å². The molecule has 0 amide bonds. The van der Waals surface area contributed by atoms with Gasteiger partial charge in [-0.1, -0.05) is 54.6 Å². The van der Waals surface area contributed by atoms with Crippen LogP contribution in [-0.2, 0) is 6.54 Å². The topological polar surface area (TPSA) is 42.1 Å². The molecule has 4 aromatic rings. The van der Waals surface area contributed by atoms with Crippen molar-refractivity contribution in [3.05, 3.63) is 84.4 Å². The summed E-state index contributed by atoms with van der Waals surface area (Å²) in [5, 5.41) is 2.39. The fourth-order valence-electron chi connectivity index (χ4n) is 3.59. The van der Waals surface area contributed by atoms with E-state index in [1.807, 2.05) is 6.07 Å². The van der Waals surface area contributed by atoms with Crippen molar-refractivity contribution in [3.63, 3.8) is 0 Å². The maximum atomic E-state index is 5.73. The summed E-state index contributed by atoms with van der Waals surface area (Å²) in [6.45, 7) is 2.61. The van der Waals surface area contributed by atoms with Crippen LogP contribution in [0.4, 0.5) is 5.69 Å². The lowest BCUT2D eigenvalue weighted by atomic mass is 10.1. The number of aromatic nitrogens is 1. The van der Waals surface area contributed by atoms with Crippen LogP contribution in [0.2, 0.25) is 0 Å². The third-order valence-corrected chi connectivity index (χ3v) is 4.98. The maximum Gasteiger partial charge on any atom is 0.0730 e. The van der Waals surface area contributed by atoms with Crippen molar-refractivity contribution in [2.75, 3.05) is 18.0 Å². The summed E-state index contributed by atoms with van der Waals surface area (Å²) in [5.74, 6) is 0. The van der Waals surface area contributed by atoms with Gasteiger partial charge < -0.3 is 10.6 Å². The summed E-state index contributed by atoms with van der Waals surface area (Å²) >= 11 is 0. The largest absolute Gasteiger partial charge is 0.367 e. The molecule has 0 bridgehead atoms. The van der Waals surface area contributed by atoms with Crippen LogP contribution in [0.1, 0.15) is 18.4 Å². The molecule has 2 N–H and O–H groups in total. The fourth-order valence-corrected chi connectivity index (χ4v) is 3.59. The molecule has 0 aliphatic rings. The Bertz CT molecular complexity index is 1030. The van der Waals surface area contributed by atoms with Gasteiger partial charge in [-0.15, -0.1) is 0 Å². The van der Waals surface area contributed by atoms with E-state index >= 15 is 0 Å². The molecule has 3 nitrogen and oxygen atoms in total. The molecular formula is C24H25N3. The van der Waals surface area contributed by atoms with Gasteiger partial charge in [0.15, 0.2) is 0 Å². The molecule has 0 saturated carbocycles. The van der Waals surface area contributed by atoms with Crippen LogP contribution in [0.15, 0.2) is 78.9 Å². The normalized spacial score (nSPS) is 11.1. The number of fused-ring (bicyclic) bond motifs is 2. The molecule has 0 radical (unpaired) electrons. The molecule has 0 aliphatic heterocycles. The second-order valence-electron chi connectivity index (χ2n) is 6.93. The van der Waals surface area contributed by atoms with Gasteiger partial charge in [0.2, 0.25) is 0 Å². The van der Waals surface area contributed by atoms with Crippen LogP contribution >= 0.6 is 0 Å². The van der Waals surface area contributed by atoms with E-state index in [2.05, 4.69) is 77.7 Å². The molecule has 0 atom stereocenters. The van der Waals surface area contributed by atoms with Crippen molar-refractivity contribution in [1.29, 1.82) is 0 Å². The summed E-state index contributed by atoms with van der Waals surface area (Å²) in [6, 6.07) is 27.7. The molecule has 4 rings (SSSR count). The number of rotatable bonds is 7. The first-order chi connectivity index (χ1) is 13.3. The van der Waals surface area contributed by atoms with Gasteiger partial charge in [0.25, 0.3) is 0 Å². The monoisotopic (exact) mass is 355 g/mol. The molecule has 0 fully saturated rings. The highest BCUT2D eigenvalue weighted by Crippen LogP contribution is 2.30. The van der Waals surface area contributed by atoms with Crippen molar-refractivity contribution in [2.45, 2.75) is 19.4 Å². The van der Waals surface area contributed by atoms with Gasteiger partial charge in [0.1, 0.15) is 0 Å². The van der Waals surface area contributed by atoms with Crippen LogP contribution in [0.5, 0.6) is 0 Å². The second-order valence-corrected chi connectivity index (χ2v) is 6.93. The van der Waals surface area contributed by atoms with E-state index in [-0.39, 0.29) is 0 Å². The summed E-state index contributed by atoms with van der Waals surface area (Å²) in [5.41, 5.74) is 10.4. The number of benzene rings is 3. The van der Waals surface area contributed by atoms with Crippen molar-refractivity contribution in [2.24, 2.45) is 5.73 Å². The Labute approximate surface area is 160 Å². The van der Waals surface area contributed by atoms with Gasteiger partial charge in [-0.3, -0.25) is 0 Å². The summed E-state index contributed by atoms with van der Waals surface area (Å²) in [6.07, 6.45) is 2.12. The number of anilines is 1. The van der Waals surface area contributed by atoms with Crippen molar-refractivity contribution < 1.29 is 0 Å². The van der Waals surface area contributed by atoms with Gasteiger partial charge in [-0.2, -0.15) is 0 Å². The number of hydrogen-bond donors (Lipinski definition) is 1. The number of nitrogens with zero attached hydrogens (tertiary/aromatic N) is 2. The van der Waals surface area contributed by atoms with Crippen LogP contribution in [0.3, 0.4) is 0 Å². The standard InChI is InChI=1S/C24H25N3/c25-15-6-7-16-27(18-19-9-2-1-3-10-19)24-14-8-13-23-21(24)17-20-11-4-5-12-22(20)26-23/h1-5,8-14,17H,6-7,15-16,18,25H2. The summed E-state index contributed by atoms with van der Waals surface area (Å²) in [7, 11) is 0. The number of nitrogens with two attached hydrogens (primary N) is 1. The highest BCUT2D eigenvalue weighted by molar-refractivity contribution is 5.99. The number of pyridine rings is 1. The Kier molecular flexibility index (Phi) is 5.31. The Morgan fingerprint density at radius 1 is 0.778 bits per heavy atom. The Balaban J connectivity index is 1.77. The number of para-hydroxylation sites is 1. The molecule has 0 unspecified atom stereocenters.